The van der Waals surface area contributed by atoms with E-state index in [4.69, 9.17) is 0 Å². The number of aromatic nitrogens is 4. The van der Waals surface area contributed by atoms with Gasteiger partial charge in [-0.15, -0.1) is 10.2 Å². The van der Waals surface area contributed by atoms with Gasteiger partial charge in [0.1, 0.15) is 0 Å². The highest BCUT2D eigenvalue weighted by molar-refractivity contribution is 9.10. The zero-order valence-corrected chi connectivity index (χ0v) is 18.3. The number of carbonyl (C=O) groups excluding carboxylic acids is 1. The van der Waals surface area contributed by atoms with Gasteiger partial charge in [-0.3, -0.25) is 14.3 Å². The molecule has 0 aliphatic rings. The summed E-state index contributed by atoms with van der Waals surface area (Å²) in [5, 5.41) is 12.3. The van der Waals surface area contributed by atoms with Crippen LogP contribution in [0.15, 0.2) is 88.8 Å². The summed E-state index contributed by atoms with van der Waals surface area (Å²) >= 11 is 4.80. The van der Waals surface area contributed by atoms with Crippen molar-refractivity contribution in [2.75, 3.05) is 11.1 Å². The molecule has 0 saturated carbocycles. The van der Waals surface area contributed by atoms with Gasteiger partial charge in [0.15, 0.2) is 11.0 Å². The number of nitrogens with zero attached hydrogens (tertiary/aromatic N) is 4. The second kappa shape index (κ2) is 9.69. The van der Waals surface area contributed by atoms with Crippen LogP contribution in [0, 0.1) is 0 Å². The lowest BCUT2D eigenvalue weighted by Gasteiger charge is -2.11. The summed E-state index contributed by atoms with van der Waals surface area (Å²) in [6.45, 7) is 0.603. The second-order valence-corrected chi connectivity index (χ2v) is 8.23. The molecule has 150 valence electrons. The van der Waals surface area contributed by atoms with Crippen molar-refractivity contribution < 1.29 is 4.79 Å². The highest BCUT2D eigenvalue weighted by Gasteiger charge is 2.16. The highest BCUT2D eigenvalue weighted by atomic mass is 79.9. The summed E-state index contributed by atoms with van der Waals surface area (Å²) in [6, 6.07) is 21.4. The largest absolute Gasteiger partial charge is 0.324 e. The van der Waals surface area contributed by atoms with Gasteiger partial charge in [-0.1, -0.05) is 54.2 Å². The van der Waals surface area contributed by atoms with Crippen molar-refractivity contribution in [2.45, 2.75) is 11.7 Å². The molecule has 0 aliphatic heterocycles. The van der Waals surface area contributed by atoms with Crippen LogP contribution in [0.4, 0.5) is 5.69 Å². The van der Waals surface area contributed by atoms with E-state index in [2.05, 4.69) is 48.6 Å². The van der Waals surface area contributed by atoms with Crippen molar-refractivity contribution in [1.29, 1.82) is 0 Å². The van der Waals surface area contributed by atoms with Gasteiger partial charge in [0, 0.05) is 22.4 Å². The Morgan fingerprint density at radius 2 is 1.80 bits per heavy atom. The molecular weight excluding hydrogens is 462 g/mol. The van der Waals surface area contributed by atoms with E-state index < -0.39 is 0 Å². The summed E-state index contributed by atoms with van der Waals surface area (Å²) in [6.07, 6.45) is 3.49. The van der Waals surface area contributed by atoms with E-state index in [0.717, 1.165) is 27.1 Å². The van der Waals surface area contributed by atoms with Crippen LogP contribution < -0.4 is 5.32 Å². The van der Waals surface area contributed by atoms with E-state index >= 15 is 0 Å². The Kier molecular flexibility index (Phi) is 6.56. The Labute approximate surface area is 186 Å². The van der Waals surface area contributed by atoms with E-state index in [-0.39, 0.29) is 11.7 Å². The molecule has 6 nitrogen and oxygen atoms in total. The Balaban J connectivity index is 1.54. The molecule has 0 unspecified atom stereocenters. The fourth-order valence-electron chi connectivity index (χ4n) is 2.89. The van der Waals surface area contributed by atoms with Gasteiger partial charge in [-0.05, 0) is 45.8 Å². The summed E-state index contributed by atoms with van der Waals surface area (Å²) in [7, 11) is 0. The summed E-state index contributed by atoms with van der Waals surface area (Å²) in [4.78, 5) is 16.7. The fraction of sp³-hybridized carbons (Fsp3) is 0.0909. The Morgan fingerprint density at radius 3 is 2.57 bits per heavy atom. The molecule has 0 aliphatic carbocycles. The van der Waals surface area contributed by atoms with Crippen LogP contribution in [0.3, 0.4) is 0 Å². The van der Waals surface area contributed by atoms with Crippen LogP contribution in [-0.4, -0.2) is 31.4 Å². The predicted octanol–water partition coefficient (Wildman–Crippen LogP) is 4.88. The molecule has 0 spiro atoms. The minimum atomic E-state index is -0.107. The first kappa shape index (κ1) is 20.3. The van der Waals surface area contributed by atoms with Crippen LogP contribution in [0.1, 0.15) is 5.56 Å². The minimum Gasteiger partial charge on any atom is -0.324 e. The number of thioether (sulfide) groups is 1. The molecule has 0 saturated heterocycles. The zero-order chi connectivity index (χ0) is 20.8. The van der Waals surface area contributed by atoms with Crippen molar-refractivity contribution in [1.82, 2.24) is 19.7 Å². The first-order valence-corrected chi connectivity index (χ1v) is 11.0. The number of benzene rings is 2. The van der Waals surface area contributed by atoms with Gasteiger partial charge in [-0.25, -0.2) is 0 Å². The number of para-hydroxylation sites is 1. The van der Waals surface area contributed by atoms with Crippen LogP contribution in [0.2, 0.25) is 0 Å². The molecule has 2 heterocycles. The van der Waals surface area contributed by atoms with Gasteiger partial charge >= 0.3 is 0 Å². The molecule has 0 bridgehead atoms. The molecular formula is C22H18BrN5OS. The van der Waals surface area contributed by atoms with E-state index in [0.29, 0.717) is 11.7 Å². The minimum absolute atomic E-state index is 0.107. The van der Waals surface area contributed by atoms with Crippen LogP contribution >= 0.6 is 27.7 Å². The number of amides is 1. The van der Waals surface area contributed by atoms with Gasteiger partial charge in [0.25, 0.3) is 0 Å². The number of halogens is 1. The quantitative estimate of drug-likeness (QED) is 0.382. The Bertz CT molecular complexity index is 1130. The summed E-state index contributed by atoms with van der Waals surface area (Å²) < 4.78 is 2.86. The molecule has 1 N–H and O–H groups in total. The monoisotopic (exact) mass is 479 g/mol. The normalized spacial score (nSPS) is 10.7. The third-order valence-corrected chi connectivity index (χ3v) is 5.96. The maximum absolute atomic E-state index is 12.5. The average Bonchev–Trinajstić information content (AvgIpc) is 3.17. The lowest BCUT2D eigenvalue weighted by atomic mass is 10.2. The third kappa shape index (κ3) is 4.95. The molecule has 0 fully saturated rings. The number of pyridine rings is 1. The maximum Gasteiger partial charge on any atom is 0.234 e. The average molecular weight is 480 g/mol. The summed E-state index contributed by atoms with van der Waals surface area (Å²) in [5.41, 5.74) is 2.75. The molecule has 2 aromatic carbocycles. The standard InChI is InChI=1S/C22H18BrN5OS/c23-18-10-4-5-11-19(18)25-20(29)15-30-22-27-26-21(17-9-6-12-24-13-17)28(22)14-16-7-2-1-3-8-16/h1-13H,14-15H2,(H,25,29). The Hall–Kier alpha value is -2.97. The number of hydrogen-bond donors (Lipinski definition) is 1. The van der Waals surface area contributed by atoms with E-state index in [1.807, 2.05) is 59.2 Å². The number of carbonyl (C=O) groups is 1. The van der Waals surface area contributed by atoms with Crippen molar-refractivity contribution in [3.8, 4) is 11.4 Å². The predicted molar refractivity (Wildman–Crippen MR) is 122 cm³/mol. The molecule has 8 heteroatoms. The zero-order valence-electron chi connectivity index (χ0n) is 15.9. The molecule has 30 heavy (non-hydrogen) atoms. The van der Waals surface area contributed by atoms with E-state index in [1.54, 1.807) is 12.4 Å². The number of rotatable bonds is 7. The Morgan fingerprint density at radius 1 is 1.00 bits per heavy atom. The van der Waals surface area contributed by atoms with Gasteiger partial charge < -0.3 is 5.32 Å². The van der Waals surface area contributed by atoms with Gasteiger partial charge in [0.2, 0.25) is 5.91 Å². The van der Waals surface area contributed by atoms with Gasteiger partial charge in [-0.2, -0.15) is 0 Å². The molecule has 1 amide bonds. The van der Waals surface area contributed by atoms with Crippen molar-refractivity contribution >= 4 is 39.3 Å². The fourth-order valence-corrected chi connectivity index (χ4v) is 4.01. The first-order valence-electron chi connectivity index (χ1n) is 9.25. The van der Waals surface area contributed by atoms with Crippen LogP contribution in [0.25, 0.3) is 11.4 Å². The number of nitrogens with one attached hydrogen (secondary N) is 1. The SMILES string of the molecule is O=C(CSc1nnc(-c2cccnc2)n1Cc1ccccc1)Nc1ccccc1Br. The highest BCUT2D eigenvalue weighted by Crippen LogP contribution is 2.26. The lowest BCUT2D eigenvalue weighted by Crippen LogP contribution is -2.15. The summed E-state index contributed by atoms with van der Waals surface area (Å²) in [5.74, 6) is 0.839. The number of hydrogen-bond acceptors (Lipinski definition) is 5. The van der Waals surface area contributed by atoms with E-state index in [9.17, 15) is 4.79 Å². The first-order chi connectivity index (χ1) is 14.7. The van der Waals surface area contributed by atoms with Crippen molar-refractivity contribution in [2.24, 2.45) is 0 Å². The molecule has 0 radical (unpaired) electrons. The van der Waals surface area contributed by atoms with Crippen molar-refractivity contribution in [3.63, 3.8) is 0 Å². The number of anilines is 1. The van der Waals surface area contributed by atoms with Crippen LogP contribution in [0.5, 0.6) is 0 Å². The molecule has 4 rings (SSSR count). The second-order valence-electron chi connectivity index (χ2n) is 6.44. The lowest BCUT2D eigenvalue weighted by molar-refractivity contribution is -0.113. The van der Waals surface area contributed by atoms with Gasteiger partial charge in [0.05, 0.1) is 18.0 Å². The topological polar surface area (TPSA) is 72.7 Å². The van der Waals surface area contributed by atoms with E-state index in [1.165, 1.54) is 11.8 Å². The third-order valence-electron chi connectivity index (χ3n) is 4.30. The van der Waals surface area contributed by atoms with Crippen molar-refractivity contribution in [3.05, 3.63) is 89.2 Å². The smallest absolute Gasteiger partial charge is 0.234 e. The molecule has 0 atom stereocenters. The maximum atomic E-state index is 12.5. The molecule has 2 aromatic heterocycles. The van der Waals surface area contributed by atoms with Crippen LogP contribution in [-0.2, 0) is 11.3 Å². The molecule has 4 aromatic rings.